The Morgan fingerprint density at radius 3 is 2.67 bits per heavy atom. The Bertz CT molecular complexity index is 799. The molecule has 1 heterocycles. The minimum absolute atomic E-state index is 0.132. The molecule has 0 aromatic heterocycles. The first-order valence-corrected chi connectivity index (χ1v) is 8.17. The van der Waals surface area contributed by atoms with Crippen molar-refractivity contribution < 1.29 is 9.63 Å². The molecule has 0 spiro atoms. The van der Waals surface area contributed by atoms with Crippen LogP contribution in [-0.2, 0) is 4.84 Å². The Hall–Kier alpha value is -2.66. The van der Waals surface area contributed by atoms with Crippen molar-refractivity contribution in [3.05, 3.63) is 65.2 Å². The van der Waals surface area contributed by atoms with Gasteiger partial charge in [-0.2, -0.15) is 0 Å². The number of nitrogens with two attached hydrogens (primary N) is 1. The van der Waals surface area contributed by atoms with Gasteiger partial charge in [0.25, 0.3) is 5.91 Å². The molecule has 0 unspecified atom stereocenters. The van der Waals surface area contributed by atoms with E-state index in [1.165, 1.54) is 5.56 Å². The Morgan fingerprint density at radius 2 is 2.00 bits per heavy atom. The minimum Gasteiger partial charge on any atom is -0.395 e. The van der Waals surface area contributed by atoms with Crippen LogP contribution in [-0.4, -0.2) is 24.3 Å². The molecular weight excluding hydrogens is 302 g/mol. The maximum Gasteiger partial charge on any atom is 0.255 e. The summed E-state index contributed by atoms with van der Waals surface area (Å²) in [7, 11) is 0. The summed E-state index contributed by atoms with van der Waals surface area (Å²) in [5, 5.41) is 6.94. The maximum atomic E-state index is 12.5. The largest absolute Gasteiger partial charge is 0.395 e. The summed E-state index contributed by atoms with van der Waals surface area (Å²) in [6.45, 7) is 0.600. The number of nitrogens with zero attached hydrogens (tertiary/aromatic N) is 1. The van der Waals surface area contributed by atoms with Crippen molar-refractivity contribution in [3.63, 3.8) is 0 Å². The molecule has 1 amide bonds. The van der Waals surface area contributed by atoms with Gasteiger partial charge in [0, 0.05) is 35.2 Å². The summed E-state index contributed by atoms with van der Waals surface area (Å²) < 4.78 is 0. The van der Waals surface area contributed by atoms with E-state index in [1.54, 1.807) is 6.07 Å². The van der Waals surface area contributed by atoms with Gasteiger partial charge in [-0.25, -0.2) is 0 Å². The van der Waals surface area contributed by atoms with Gasteiger partial charge < -0.3 is 15.9 Å². The van der Waals surface area contributed by atoms with Crippen molar-refractivity contribution in [2.75, 3.05) is 11.9 Å². The molecule has 1 saturated carbocycles. The number of hydrogen-bond donors (Lipinski definition) is 2. The predicted molar refractivity (Wildman–Crippen MR) is 93.3 cm³/mol. The highest BCUT2D eigenvalue weighted by atomic mass is 16.6. The van der Waals surface area contributed by atoms with Crippen LogP contribution in [0, 0.1) is 0 Å². The number of amides is 1. The van der Waals surface area contributed by atoms with Crippen molar-refractivity contribution >= 4 is 17.3 Å². The van der Waals surface area contributed by atoms with E-state index in [-0.39, 0.29) is 11.9 Å². The van der Waals surface area contributed by atoms with Gasteiger partial charge in [-0.3, -0.25) is 4.79 Å². The lowest BCUT2D eigenvalue weighted by atomic mass is 10.0. The number of nitrogens with one attached hydrogen (secondary N) is 1. The van der Waals surface area contributed by atoms with Crippen LogP contribution in [0.4, 0.5) is 5.69 Å². The van der Waals surface area contributed by atoms with Crippen LogP contribution in [0.1, 0.15) is 40.2 Å². The number of oxime groups is 1. The molecule has 2 aliphatic rings. The molecule has 1 fully saturated rings. The average molecular weight is 321 g/mol. The summed E-state index contributed by atoms with van der Waals surface area (Å²) >= 11 is 0. The highest BCUT2D eigenvalue weighted by molar-refractivity contribution is 6.07. The summed E-state index contributed by atoms with van der Waals surface area (Å²) in [6, 6.07) is 15.7. The van der Waals surface area contributed by atoms with E-state index in [9.17, 15) is 4.79 Å². The quantitative estimate of drug-likeness (QED) is 0.909. The molecule has 0 saturated heterocycles. The molecule has 2 aromatic rings. The molecule has 1 aliphatic heterocycles. The lowest BCUT2D eigenvalue weighted by Crippen LogP contribution is -2.12. The molecule has 2 atom stereocenters. The van der Waals surface area contributed by atoms with E-state index in [0.717, 1.165) is 29.8 Å². The van der Waals surface area contributed by atoms with Crippen LogP contribution in [0.15, 0.2) is 53.7 Å². The van der Waals surface area contributed by atoms with Gasteiger partial charge in [-0.05, 0) is 36.2 Å². The number of benzene rings is 2. The number of hydrogen-bond acceptors (Lipinski definition) is 4. The van der Waals surface area contributed by atoms with Crippen molar-refractivity contribution in [1.29, 1.82) is 0 Å². The number of rotatable bonds is 4. The molecule has 4 rings (SSSR count). The highest BCUT2D eigenvalue weighted by Gasteiger charge is 2.34. The van der Waals surface area contributed by atoms with Crippen LogP contribution in [0.25, 0.3) is 0 Å². The van der Waals surface area contributed by atoms with Gasteiger partial charge in [0.05, 0.1) is 5.71 Å². The second-order valence-electron chi connectivity index (χ2n) is 6.28. The molecule has 24 heavy (non-hydrogen) atoms. The second kappa shape index (κ2) is 6.09. The minimum atomic E-state index is -0.132. The molecular formula is C19H19N3O2. The van der Waals surface area contributed by atoms with E-state index in [2.05, 4.69) is 10.5 Å². The van der Waals surface area contributed by atoms with Gasteiger partial charge in [0.1, 0.15) is 6.61 Å². The van der Waals surface area contributed by atoms with E-state index in [4.69, 9.17) is 10.6 Å². The fraction of sp³-hybridized carbons (Fsp3) is 0.263. The number of anilines is 1. The van der Waals surface area contributed by atoms with Gasteiger partial charge in [-0.15, -0.1) is 0 Å². The first kappa shape index (κ1) is 14.9. The fourth-order valence-corrected chi connectivity index (χ4v) is 2.96. The number of carbonyl (C=O) groups is 1. The summed E-state index contributed by atoms with van der Waals surface area (Å²) in [5.41, 5.74) is 10.3. The maximum absolute atomic E-state index is 12.5. The third-order valence-electron chi connectivity index (χ3n) is 4.50. The molecule has 1 aliphatic carbocycles. The SMILES string of the molecule is N[C@@H]1C[C@H]1c1ccc(NC(=O)c2cccc(C3=NOCC3)c2)cc1. The first-order chi connectivity index (χ1) is 11.7. The van der Waals surface area contributed by atoms with Crippen molar-refractivity contribution in [2.45, 2.75) is 24.8 Å². The molecule has 2 aromatic carbocycles. The van der Waals surface area contributed by atoms with E-state index in [1.807, 2.05) is 42.5 Å². The Kier molecular flexibility index (Phi) is 3.78. The zero-order valence-electron chi connectivity index (χ0n) is 13.2. The first-order valence-electron chi connectivity index (χ1n) is 8.17. The smallest absolute Gasteiger partial charge is 0.255 e. The van der Waals surface area contributed by atoms with Crippen LogP contribution in [0.3, 0.4) is 0 Å². The second-order valence-corrected chi connectivity index (χ2v) is 6.28. The van der Waals surface area contributed by atoms with Crippen LogP contribution in [0.5, 0.6) is 0 Å². The molecule has 5 heteroatoms. The van der Waals surface area contributed by atoms with Crippen LogP contribution < -0.4 is 11.1 Å². The van der Waals surface area contributed by atoms with E-state index in [0.29, 0.717) is 18.1 Å². The molecule has 0 bridgehead atoms. The molecule has 122 valence electrons. The topological polar surface area (TPSA) is 76.7 Å². The van der Waals surface area contributed by atoms with Crippen LogP contribution in [0.2, 0.25) is 0 Å². The highest BCUT2D eigenvalue weighted by Crippen LogP contribution is 2.39. The fourth-order valence-electron chi connectivity index (χ4n) is 2.96. The lowest BCUT2D eigenvalue weighted by Gasteiger charge is -2.08. The van der Waals surface area contributed by atoms with E-state index >= 15 is 0 Å². The molecule has 3 N–H and O–H groups in total. The normalized spacial score (nSPS) is 21.8. The zero-order valence-corrected chi connectivity index (χ0v) is 13.2. The Labute approximate surface area is 140 Å². The average Bonchev–Trinajstić information content (AvgIpc) is 3.11. The third-order valence-corrected chi connectivity index (χ3v) is 4.50. The van der Waals surface area contributed by atoms with Crippen molar-refractivity contribution in [2.24, 2.45) is 10.9 Å². The lowest BCUT2D eigenvalue weighted by molar-refractivity contribution is 0.102. The Morgan fingerprint density at radius 1 is 1.21 bits per heavy atom. The standard InChI is InChI=1S/C19H19N3O2/c20-17-11-16(17)12-4-6-15(7-5-12)21-19(23)14-3-1-2-13(10-14)18-8-9-24-22-18/h1-7,10,16-17H,8-9,11,20H2,(H,21,23)/t16-,17+/m0/s1. The monoisotopic (exact) mass is 321 g/mol. The predicted octanol–water partition coefficient (Wildman–Crippen LogP) is 2.88. The summed E-state index contributed by atoms with van der Waals surface area (Å²) in [5.74, 6) is 0.341. The van der Waals surface area contributed by atoms with Gasteiger partial charge >= 0.3 is 0 Å². The van der Waals surface area contributed by atoms with Gasteiger partial charge in [0.2, 0.25) is 0 Å². The van der Waals surface area contributed by atoms with Crippen molar-refractivity contribution in [3.8, 4) is 0 Å². The van der Waals surface area contributed by atoms with Crippen molar-refractivity contribution in [1.82, 2.24) is 0 Å². The molecule has 5 nitrogen and oxygen atoms in total. The Balaban J connectivity index is 1.46. The number of carbonyl (C=O) groups excluding carboxylic acids is 1. The summed E-state index contributed by atoms with van der Waals surface area (Å²) in [6.07, 6.45) is 1.82. The summed E-state index contributed by atoms with van der Waals surface area (Å²) in [4.78, 5) is 17.5. The van der Waals surface area contributed by atoms with Gasteiger partial charge in [-0.1, -0.05) is 29.4 Å². The third kappa shape index (κ3) is 3.03. The van der Waals surface area contributed by atoms with E-state index < -0.39 is 0 Å². The van der Waals surface area contributed by atoms with Gasteiger partial charge in [0.15, 0.2) is 0 Å². The molecule has 0 radical (unpaired) electrons. The zero-order chi connectivity index (χ0) is 16.5. The van der Waals surface area contributed by atoms with Crippen LogP contribution >= 0.6 is 0 Å².